The van der Waals surface area contributed by atoms with Crippen LogP contribution in [0.2, 0.25) is 0 Å². The summed E-state index contributed by atoms with van der Waals surface area (Å²) in [5, 5.41) is 45.4. The number of anilines is 3. The highest BCUT2D eigenvalue weighted by molar-refractivity contribution is 5.79. The Morgan fingerprint density at radius 1 is 0.291 bits per heavy atom. The Labute approximate surface area is 683 Å². The van der Waals surface area contributed by atoms with Gasteiger partial charge in [0.05, 0.1) is 35.9 Å². The van der Waals surface area contributed by atoms with Crippen LogP contribution in [0.15, 0.2) is 285 Å². The largest absolute Gasteiger partial charge is 0.462 e. The number of non-ortho nitro benzene ring substituents is 4. The predicted molar refractivity (Wildman–Crippen MR) is 470 cm³/mol. The van der Waals surface area contributed by atoms with E-state index in [2.05, 4.69) is 244 Å². The minimum Gasteiger partial charge on any atom is -0.462 e. The van der Waals surface area contributed by atoms with Crippen LogP contribution in [-0.2, 0) is 35.9 Å². The first kappa shape index (κ1) is 81.3. The average Bonchev–Trinajstić information content (AvgIpc) is 1.60. The van der Waals surface area contributed by atoms with Crippen LogP contribution in [0.1, 0.15) is 131 Å². The average molecular weight is 1560 g/mol. The third kappa shape index (κ3) is 14.0. The number of nitro groups is 4. The second-order valence-electron chi connectivity index (χ2n) is 31.5. The number of nitro benzene ring substituents is 4. The molecule has 3 atom stereocenters. The SMILES string of the molecule is C.C.C.Cc1cc([N+](=O)[O-])cc2c1OC1(C=C2)N(Cc2ccc(-c3ccc(-c4ccccc4)cc3)cc2)c2ccccc2C1(C)C.Cc1cc([N+](=O)[O-])cc2c1OC1(C=C2)N(Cc2ccc(-c3ccccc3)cc2)c2ccccc2C1(C)C.Cc1cc([N+](=O)[O-])cc2c1OC1(C=C2)N(Cc2ccc([N+](=O)[O-])cc2)c2ccccc2C1(C)C. The molecular weight excluding hydrogens is 1460 g/mol. The van der Waals surface area contributed by atoms with Gasteiger partial charge in [0.25, 0.3) is 22.7 Å². The Morgan fingerprint density at radius 3 is 0.786 bits per heavy atom. The maximum Gasteiger partial charge on any atom is 0.270 e. The minimum atomic E-state index is -0.896. The Kier molecular flexibility index (Phi) is 21.7. The summed E-state index contributed by atoms with van der Waals surface area (Å²) >= 11 is 0. The van der Waals surface area contributed by atoms with E-state index in [0.29, 0.717) is 48.0 Å². The smallest absolute Gasteiger partial charge is 0.270 e. The monoisotopic (exact) mass is 1560 g/mol. The van der Waals surface area contributed by atoms with Crippen molar-refractivity contribution in [1.29, 1.82) is 0 Å². The number of hydrogen-bond donors (Lipinski definition) is 0. The number of rotatable bonds is 13. The zero-order valence-corrected chi connectivity index (χ0v) is 64.6. The molecule has 18 nitrogen and oxygen atoms in total. The molecule has 117 heavy (non-hydrogen) atoms. The third-order valence-corrected chi connectivity index (χ3v) is 23.7. The molecule has 3 spiro atoms. The van der Waals surface area contributed by atoms with Crippen LogP contribution in [-0.4, -0.2) is 36.9 Å². The molecule has 0 saturated heterocycles. The summed E-state index contributed by atoms with van der Waals surface area (Å²) < 4.78 is 20.7. The van der Waals surface area contributed by atoms with Crippen LogP contribution in [0.25, 0.3) is 51.6 Å². The highest BCUT2D eigenvalue weighted by Crippen LogP contribution is 2.60. The number of para-hydroxylation sites is 3. The van der Waals surface area contributed by atoms with Crippen molar-refractivity contribution in [3.8, 4) is 50.6 Å². The van der Waals surface area contributed by atoms with E-state index in [-0.39, 0.29) is 60.3 Å². The van der Waals surface area contributed by atoms with Gasteiger partial charge in [0.15, 0.2) is 0 Å². The summed E-state index contributed by atoms with van der Waals surface area (Å²) in [6.07, 6.45) is 12.0. The Balaban J connectivity index is 0.000000152. The molecule has 592 valence electrons. The van der Waals surface area contributed by atoms with Crippen molar-refractivity contribution >= 4 is 58.0 Å². The molecule has 18 rings (SSSR count). The van der Waals surface area contributed by atoms with Crippen molar-refractivity contribution in [2.24, 2.45) is 0 Å². The number of benzene rings is 12. The highest BCUT2D eigenvalue weighted by Gasteiger charge is 2.62. The van der Waals surface area contributed by atoms with Crippen LogP contribution >= 0.6 is 0 Å². The van der Waals surface area contributed by atoms with Gasteiger partial charge in [0, 0.05) is 102 Å². The summed E-state index contributed by atoms with van der Waals surface area (Å²) in [5.74, 6) is 1.99. The molecule has 0 N–H and O–H groups in total. The van der Waals surface area contributed by atoms with E-state index in [1.807, 2.05) is 75.4 Å². The number of ether oxygens (including phenoxy) is 3. The Morgan fingerprint density at radius 2 is 0.521 bits per heavy atom. The molecule has 0 radical (unpaired) electrons. The first-order valence-corrected chi connectivity index (χ1v) is 38.0. The molecule has 12 aromatic rings. The van der Waals surface area contributed by atoms with Crippen molar-refractivity contribution in [1.82, 2.24) is 0 Å². The van der Waals surface area contributed by atoms with E-state index < -0.39 is 37.9 Å². The molecule has 6 aliphatic heterocycles. The Hall–Kier alpha value is -13.7. The number of fused-ring (bicyclic) bond motifs is 6. The lowest BCUT2D eigenvalue weighted by atomic mass is 9.76. The summed E-state index contributed by atoms with van der Waals surface area (Å²) in [6, 6.07) is 87.9. The normalized spacial score (nSPS) is 18.1. The third-order valence-electron chi connectivity index (χ3n) is 23.7. The van der Waals surface area contributed by atoms with E-state index in [1.54, 1.807) is 36.4 Å². The molecule has 0 amide bonds. The van der Waals surface area contributed by atoms with E-state index in [4.69, 9.17) is 14.2 Å². The van der Waals surface area contributed by atoms with Gasteiger partial charge in [-0.15, -0.1) is 0 Å². The van der Waals surface area contributed by atoms with Crippen LogP contribution < -0.4 is 28.9 Å². The molecular formula is C99H95N7O11. The maximum absolute atomic E-state index is 11.5. The van der Waals surface area contributed by atoms with E-state index in [0.717, 1.165) is 50.4 Å². The summed E-state index contributed by atoms with van der Waals surface area (Å²) in [7, 11) is 0. The quantitative estimate of drug-likeness (QED) is 0.0777. The van der Waals surface area contributed by atoms with Crippen molar-refractivity contribution in [2.75, 3.05) is 14.7 Å². The standard InChI is InChI=1S/C38H32N2O3.C32H28N2O3.C26H23N3O5.3CH4/c1-26-23-33(40(41)42)24-32-21-22-38(43-36(26)32)37(2,3)34-11-7-8-12-35(34)39(38)25-27-13-15-29(16-14-27)31-19-17-30(18-20-31)28-9-5-4-6-10-28;1-22-19-27(34(35)36)20-26-17-18-32(37-30(22)26)31(2,3)28-11-7-8-12-29(28)33(32)21-23-13-15-25(16-14-23)24-9-5-4-6-10-24;1-17-14-21(29(32)33)15-19-12-13-26(34-24(17)19)25(2,3)22-6-4-5-7-23(22)27(26)16-18-8-10-20(11-9-18)28(30)31;;;/h4-24H,25H2,1-3H3;4-20H,21H2,1-3H3;4-15H,16H2,1-3H3;3*1H4. The van der Waals surface area contributed by atoms with Gasteiger partial charge in [0.2, 0.25) is 17.2 Å². The lowest BCUT2D eigenvalue weighted by Crippen LogP contribution is -2.59. The fourth-order valence-corrected chi connectivity index (χ4v) is 17.5. The van der Waals surface area contributed by atoms with Crippen LogP contribution in [0.5, 0.6) is 17.2 Å². The molecule has 6 heterocycles. The highest BCUT2D eigenvalue weighted by atomic mass is 16.6. The fourth-order valence-electron chi connectivity index (χ4n) is 17.5. The van der Waals surface area contributed by atoms with Crippen LogP contribution in [0.4, 0.5) is 39.8 Å². The summed E-state index contributed by atoms with van der Waals surface area (Å²) in [4.78, 5) is 50.7. The first-order valence-electron chi connectivity index (χ1n) is 38.0. The van der Waals surface area contributed by atoms with E-state index in [1.165, 1.54) is 79.9 Å². The van der Waals surface area contributed by atoms with Gasteiger partial charge in [-0.25, -0.2) is 0 Å². The van der Waals surface area contributed by atoms with Gasteiger partial charge < -0.3 is 28.9 Å². The zero-order chi connectivity index (χ0) is 79.8. The number of hydrogen-bond acceptors (Lipinski definition) is 14. The maximum atomic E-state index is 11.5. The van der Waals surface area contributed by atoms with Gasteiger partial charge >= 0.3 is 0 Å². The Bertz CT molecular complexity index is 5930. The van der Waals surface area contributed by atoms with Gasteiger partial charge in [-0.3, -0.25) is 40.5 Å². The van der Waals surface area contributed by atoms with Gasteiger partial charge in [0.1, 0.15) is 17.2 Å². The molecule has 0 fully saturated rings. The van der Waals surface area contributed by atoms with Gasteiger partial charge in [-0.1, -0.05) is 222 Å². The molecule has 18 heteroatoms. The second-order valence-corrected chi connectivity index (χ2v) is 31.5. The molecule has 0 saturated carbocycles. The predicted octanol–water partition coefficient (Wildman–Crippen LogP) is 24.8. The van der Waals surface area contributed by atoms with E-state index >= 15 is 0 Å². The topological polar surface area (TPSA) is 210 Å². The van der Waals surface area contributed by atoms with Crippen molar-refractivity contribution in [2.45, 2.75) is 138 Å². The number of aryl methyl sites for hydroxylation is 3. The lowest BCUT2D eigenvalue weighted by Gasteiger charge is -2.47. The van der Waals surface area contributed by atoms with Gasteiger partial charge in [-0.2, -0.15) is 0 Å². The van der Waals surface area contributed by atoms with Gasteiger partial charge in [-0.05, 0) is 200 Å². The van der Waals surface area contributed by atoms with Crippen molar-refractivity contribution in [3.05, 3.63) is 392 Å². The molecule has 0 aliphatic carbocycles. The lowest BCUT2D eigenvalue weighted by molar-refractivity contribution is -0.385. The molecule has 6 aliphatic rings. The molecule has 12 aromatic carbocycles. The minimum absolute atomic E-state index is 0. The second kappa shape index (κ2) is 31.2. The van der Waals surface area contributed by atoms with Crippen LogP contribution in [0.3, 0.4) is 0 Å². The van der Waals surface area contributed by atoms with Crippen molar-refractivity contribution in [3.63, 3.8) is 0 Å². The summed E-state index contributed by atoms with van der Waals surface area (Å²) in [6.45, 7) is 20.4. The summed E-state index contributed by atoms with van der Waals surface area (Å²) in [5.41, 5.74) is 18.0. The fraction of sp³-hybridized carbons (Fsp3) is 0.212. The number of nitrogens with zero attached hydrogens (tertiary/aromatic N) is 7. The molecule has 0 bridgehead atoms. The molecule has 0 aromatic heterocycles. The zero-order valence-electron chi connectivity index (χ0n) is 64.6. The molecule has 3 unspecified atom stereocenters. The first-order chi connectivity index (χ1) is 54.7. The van der Waals surface area contributed by atoms with Crippen LogP contribution in [0, 0.1) is 61.2 Å². The van der Waals surface area contributed by atoms with E-state index in [9.17, 15) is 40.5 Å². The van der Waals surface area contributed by atoms with Crippen molar-refractivity contribution < 1.29 is 33.9 Å².